The Balaban J connectivity index is 0. The molecule has 1 unspecified atom stereocenters. The number of aromatic carboxylic acids is 1. The molecule has 0 aliphatic carbocycles. The van der Waals surface area contributed by atoms with Crippen molar-refractivity contribution in [2.45, 2.75) is 11.8 Å². The van der Waals surface area contributed by atoms with Crippen LogP contribution in [0, 0.1) is 6.92 Å². The smallest absolute Gasteiger partial charge is 0.871 e. The van der Waals surface area contributed by atoms with Gasteiger partial charge in [0.1, 0.15) is 0 Å². The molecule has 0 aromatic heterocycles. The van der Waals surface area contributed by atoms with Crippen LogP contribution < -0.4 is 64.2 Å². The van der Waals surface area contributed by atoms with Crippen molar-refractivity contribution in [3.8, 4) is 5.75 Å². The molecular formula is C8H6Na2O5S. The van der Waals surface area contributed by atoms with Gasteiger partial charge in [0.05, 0.1) is 5.56 Å². The number of benzene rings is 1. The molecule has 1 aromatic rings. The summed E-state index contributed by atoms with van der Waals surface area (Å²) in [6.07, 6.45) is 0. The third-order valence-corrected chi connectivity index (χ3v) is 2.27. The van der Waals surface area contributed by atoms with Crippen LogP contribution in [0.2, 0.25) is 0 Å². The van der Waals surface area contributed by atoms with Crippen LogP contribution in [0.15, 0.2) is 17.0 Å². The maximum Gasteiger partial charge on any atom is 1.00 e. The number of carboxylic acids is 1. The Labute approximate surface area is 139 Å². The molecule has 0 aliphatic heterocycles. The van der Waals surface area contributed by atoms with Crippen molar-refractivity contribution in [1.29, 1.82) is 0 Å². The molecule has 5 nitrogen and oxygen atoms in total. The molecule has 0 saturated carbocycles. The van der Waals surface area contributed by atoms with E-state index in [4.69, 9.17) is 5.11 Å². The van der Waals surface area contributed by atoms with Gasteiger partial charge in [-0.05, 0) is 35.7 Å². The molecule has 0 fully saturated rings. The molecule has 0 saturated heterocycles. The van der Waals surface area contributed by atoms with Gasteiger partial charge in [0.2, 0.25) is 0 Å². The summed E-state index contributed by atoms with van der Waals surface area (Å²) in [7, 11) is 0. The van der Waals surface area contributed by atoms with Crippen LogP contribution in [0.3, 0.4) is 0 Å². The molecule has 0 radical (unpaired) electrons. The standard InChI is InChI=1S/C8H8O5S.2Na/c1-4-2-5(8(10)11)7(9)6(3-4)14(12)13;;/h2-3,9H,1H3,(H,10,11)(H,12,13);;/q;2*+1/p-2. The van der Waals surface area contributed by atoms with Gasteiger partial charge in [-0.15, -0.1) is 0 Å². The second kappa shape index (κ2) is 7.84. The minimum atomic E-state index is -2.70. The number of aryl methyl sites for hydroxylation is 1. The van der Waals surface area contributed by atoms with E-state index in [-0.39, 0.29) is 59.1 Å². The molecular weight excluding hydrogens is 254 g/mol. The molecule has 1 aromatic carbocycles. The second-order valence-electron chi connectivity index (χ2n) is 2.68. The molecule has 0 amide bonds. The van der Waals surface area contributed by atoms with Crippen molar-refractivity contribution in [1.82, 2.24) is 0 Å². The molecule has 0 aliphatic rings. The van der Waals surface area contributed by atoms with Gasteiger partial charge in [0.15, 0.2) is 0 Å². The molecule has 1 atom stereocenters. The van der Waals surface area contributed by atoms with E-state index in [1.165, 1.54) is 6.92 Å². The van der Waals surface area contributed by atoms with Gasteiger partial charge >= 0.3 is 65.1 Å². The van der Waals surface area contributed by atoms with Crippen LogP contribution in [-0.4, -0.2) is 19.8 Å². The van der Waals surface area contributed by atoms with E-state index >= 15 is 0 Å². The molecule has 76 valence electrons. The van der Waals surface area contributed by atoms with E-state index in [9.17, 15) is 18.7 Å². The van der Waals surface area contributed by atoms with E-state index < -0.39 is 33.3 Å². The van der Waals surface area contributed by atoms with E-state index in [0.29, 0.717) is 5.56 Å². The molecule has 1 N–H and O–H groups in total. The minimum Gasteiger partial charge on any atom is -0.871 e. The summed E-state index contributed by atoms with van der Waals surface area (Å²) >= 11 is -2.70. The quantitative estimate of drug-likeness (QED) is 0.421. The fraction of sp³-hybridized carbons (Fsp3) is 0.125. The molecule has 16 heavy (non-hydrogen) atoms. The Morgan fingerprint density at radius 2 is 1.88 bits per heavy atom. The van der Waals surface area contributed by atoms with Crippen LogP contribution >= 0.6 is 0 Å². The molecule has 0 heterocycles. The number of carbonyl (C=O) groups is 1. The van der Waals surface area contributed by atoms with Crippen LogP contribution in [-0.2, 0) is 11.1 Å². The molecule has 0 spiro atoms. The third-order valence-electron chi connectivity index (χ3n) is 1.61. The van der Waals surface area contributed by atoms with Crippen LogP contribution in [0.4, 0.5) is 0 Å². The van der Waals surface area contributed by atoms with E-state index in [0.717, 1.165) is 12.1 Å². The van der Waals surface area contributed by atoms with Gasteiger partial charge in [0.25, 0.3) is 0 Å². The molecule has 1 rings (SSSR count). The number of hydrogen-bond acceptors (Lipinski definition) is 4. The van der Waals surface area contributed by atoms with Gasteiger partial charge in [0, 0.05) is 4.90 Å². The zero-order valence-electron chi connectivity index (χ0n) is 9.14. The number of carboxylic acid groups (broad SMARTS) is 1. The van der Waals surface area contributed by atoms with Gasteiger partial charge in [-0.1, -0.05) is 5.75 Å². The zero-order chi connectivity index (χ0) is 10.9. The first-order valence-corrected chi connectivity index (χ1v) is 4.65. The second-order valence-corrected chi connectivity index (χ2v) is 3.59. The minimum absolute atomic E-state index is 0. The largest absolute Gasteiger partial charge is 1.00 e. The fourth-order valence-corrected chi connectivity index (χ4v) is 1.57. The average Bonchev–Trinajstić information content (AvgIpc) is 2.07. The zero-order valence-corrected chi connectivity index (χ0v) is 14.0. The monoisotopic (exact) mass is 260 g/mol. The average molecular weight is 260 g/mol. The van der Waals surface area contributed by atoms with E-state index in [1.807, 2.05) is 0 Å². The Morgan fingerprint density at radius 3 is 2.25 bits per heavy atom. The maximum absolute atomic E-state index is 11.2. The normalized spacial score (nSPS) is 10.9. The summed E-state index contributed by atoms with van der Waals surface area (Å²) in [5, 5.41) is 19.8. The summed E-state index contributed by atoms with van der Waals surface area (Å²) < 4.78 is 21.1. The van der Waals surface area contributed by atoms with Gasteiger partial charge < -0.3 is 14.8 Å². The van der Waals surface area contributed by atoms with Gasteiger partial charge in [-0.25, -0.2) is 4.79 Å². The summed E-state index contributed by atoms with van der Waals surface area (Å²) in [6, 6.07) is 2.28. The maximum atomic E-state index is 11.2. The van der Waals surface area contributed by atoms with Gasteiger partial charge in [-0.3, -0.25) is 4.21 Å². The Bertz CT molecular complexity index is 386. The summed E-state index contributed by atoms with van der Waals surface area (Å²) in [5.41, 5.74) is -0.106. The molecule has 0 bridgehead atoms. The fourth-order valence-electron chi connectivity index (χ4n) is 1.02. The number of rotatable bonds is 2. The van der Waals surface area contributed by atoms with Crippen molar-refractivity contribution in [2.24, 2.45) is 0 Å². The van der Waals surface area contributed by atoms with Crippen molar-refractivity contribution < 1.29 is 82.9 Å². The first kappa shape index (κ1) is 19.0. The third kappa shape index (κ3) is 4.46. The van der Waals surface area contributed by atoms with Crippen LogP contribution in [0.25, 0.3) is 0 Å². The molecule has 8 heteroatoms. The summed E-state index contributed by atoms with van der Waals surface area (Å²) in [4.78, 5) is 10.0. The Hall–Kier alpha value is 0.600. The van der Waals surface area contributed by atoms with Crippen molar-refractivity contribution in [3.63, 3.8) is 0 Å². The SMILES string of the molecule is Cc1cc(C(=O)O)c([O-])c(S(=O)[O-])c1.[Na+].[Na+]. The predicted molar refractivity (Wildman–Crippen MR) is 44.8 cm³/mol. The topological polar surface area (TPSA) is 100 Å². The summed E-state index contributed by atoms with van der Waals surface area (Å²) in [6.45, 7) is 1.52. The van der Waals surface area contributed by atoms with E-state index in [2.05, 4.69) is 0 Å². The first-order chi connectivity index (χ1) is 6.43. The number of hydrogen-bond donors (Lipinski definition) is 1. The van der Waals surface area contributed by atoms with E-state index in [1.54, 1.807) is 0 Å². The Kier molecular flexibility index (Phi) is 9.28. The van der Waals surface area contributed by atoms with Crippen molar-refractivity contribution >= 4 is 17.0 Å². The van der Waals surface area contributed by atoms with Crippen LogP contribution in [0.5, 0.6) is 5.75 Å². The summed E-state index contributed by atoms with van der Waals surface area (Å²) in [5.74, 6) is -2.40. The predicted octanol–water partition coefficient (Wildman–Crippen LogP) is -5.99. The van der Waals surface area contributed by atoms with Crippen LogP contribution in [0.1, 0.15) is 15.9 Å². The van der Waals surface area contributed by atoms with Gasteiger partial charge in [-0.2, -0.15) is 0 Å². The first-order valence-electron chi connectivity index (χ1n) is 3.57. The van der Waals surface area contributed by atoms with Crippen molar-refractivity contribution in [3.05, 3.63) is 23.3 Å². The Morgan fingerprint density at radius 1 is 1.38 bits per heavy atom. The van der Waals surface area contributed by atoms with Crippen molar-refractivity contribution in [2.75, 3.05) is 0 Å².